The number of ether oxygens (including phenoxy) is 3. The predicted octanol–water partition coefficient (Wildman–Crippen LogP) is 3.96. The van der Waals surface area contributed by atoms with Crippen molar-refractivity contribution < 1.29 is 14.2 Å². The van der Waals surface area contributed by atoms with E-state index in [1.54, 1.807) is 21.3 Å². The third kappa shape index (κ3) is 2.17. The zero-order chi connectivity index (χ0) is 15.7. The highest BCUT2D eigenvalue weighted by Crippen LogP contribution is 2.40. The van der Waals surface area contributed by atoms with E-state index >= 15 is 0 Å². The van der Waals surface area contributed by atoms with E-state index in [2.05, 4.69) is 29.7 Å². The summed E-state index contributed by atoms with van der Waals surface area (Å²) in [5.74, 6) is 1.89. The lowest BCUT2D eigenvalue weighted by Gasteiger charge is -2.16. The van der Waals surface area contributed by atoms with Crippen molar-refractivity contribution in [2.45, 2.75) is 6.92 Å². The molecule has 0 amide bonds. The van der Waals surface area contributed by atoms with Crippen LogP contribution < -0.4 is 14.2 Å². The first kappa shape index (κ1) is 14.3. The lowest BCUT2D eigenvalue weighted by molar-refractivity contribution is 0.324. The molecule has 0 aliphatic carbocycles. The molecular weight excluding hydrogens is 278 g/mol. The van der Waals surface area contributed by atoms with Gasteiger partial charge in [-0.2, -0.15) is 0 Å². The van der Waals surface area contributed by atoms with Crippen LogP contribution in [-0.4, -0.2) is 25.9 Å². The number of fused-ring (bicyclic) bond motifs is 1. The molecule has 22 heavy (non-hydrogen) atoms. The number of benzene rings is 2. The molecule has 0 N–H and O–H groups in total. The van der Waals surface area contributed by atoms with Gasteiger partial charge in [0.1, 0.15) is 0 Å². The molecule has 4 heteroatoms. The standard InChI is InChI=1S/C18H19NO3/c1-12-9-13-7-5-6-8-15(13)19(12)14-10-16(20-2)18(22-4)17(11-14)21-3/h5-11H,1-4H3. The third-order valence-corrected chi connectivity index (χ3v) is 3.80. The first-order chi connectivity index (χ1) is 10.7. The summed E-state index contributed by atoms with van der Waals surface area (Å²) in [4.78, 5) is 0. The molecule has 1 heterocycles. The smallest absolute Gasteiger partial charge is 0.203 e. The number of rotatable bonds is 4. The summed E-state index contributed by atoms with van der Waals surface area (Å²) >= 11 is 0. The molecule has 3 rings (SSSR count). The molecule has 2 aromatic carbocycles. The summed E-state index contributed by atoms with van der Waals surface area (Å²) in [6.45, 7) is 2.09. The molecule has 0 saturated heterocycles. The van der Waals surface area contributed by atoms with E-state index in [0.29, 0.717) is 17.2 Å². The fraction of sp³-hybridized carbons (Fsp3) is 0.222. The van der Waals surface area contributed by atoms with Crippen LogP contribution in [0.15, 0.2) is 42.5 Å². The maximum Gasteiger partial charge on any atom is 0.203 e. The first-order valence-corrected chi connectivity index (χ1v) is 7.07. The maximum absolute atomic E-state index is 5.45. The number of nitrogens with zero attached hydrogens (tertiary/aromatic N) is 1. The number of methoxy groups -OCH3 is 3. The van der Waals surface area contributed by atoms with Gasteiger partial charge in [0.25, 0.3) is 0 Å². The van der Waals surface area contributed by atoms with Gasteiger partial charge in [-0.25, -0.2) is 0 Å². The Morgan fingerprint density at radius 2 is 1.45 bits per heavy atom. The lowest BCUT2D eigenvalue weighted by atomic mass is 10.2. The minimum Gasteiger partial charge on any atom is -0.493 e. The molecule has 114 valence electrons. The van der Waals surface area contributed by atoms with E-state index in [1.165, 1.54) is 5.39 Å². The molecule has 4 nitrogen and oxygen atoms in total. The fourth-order valence-corrected chi connectivity index (χ4v) is 2.83. The van der Waals surface area contributed by atoms with E-state index < -0.39 is 0 Å². The van der Waals surface area contributed by atoms with Crippen LogP contribution in [0.3, 0.4) is 0 Å². The zero-order valence-electron chi connectivity index (χ0n) is 13.2. The van der Waals surface area contributed by atoms with Crippen molar-refractivity contribution >= 4 is 10.9 Å². The van der Waals surface area contributed by atoms with Gasteiger partial charge >= 0.3 is 0 Å². The Morgan fingerprint density at radius 3 is 2.05 bits per heavy atom. The highest BCUT2D eigenvalue weighted by Gasteiger charge is 2.16. The first-order valence-electron chi connectivity index (χ1n) is 7.07. The van der Waals surface area contributed by atoms with Crippen LogP contribution in [0.25, 0.3) is 16.6 Å². The molecule has 0 bridgehead atoms. The normalized spacial score (nSPS) is 10.7. The van der Waals surface area contributed by atoms with E-state index in [4.69, 9.17) is 14.2 Å². The molecule has 3 aromatic rings. The van der Waals surface area contributed by atoms with Crippen LogP contribution in [0.4, 0.5) is 0 Å². The van der Waals surface area contributed by atoms with Crippen molar-refractivity contribution in [3.05, 3.63) is 48.2 Å². The molecule has 1 aromatic heterocycles. The minimum atomic E-state index is 0.600. The van der Waals surface area contributed by atoms with Crippen molar-refractivity contribution in [2.24, 2.45) is 0 Å². The second kappa shape index (κ2) is 5.64. The number of para-hydroxylation sites is 1. The fourth-order valence-electron chi connectivity index (χ4n) is 2.83. The van der Waals surface area contributed by atoms with Crippen LogP contribution in [0.1, 0.15) is 5.69 Å². The third-order valence-electron chi connectivity index (χ3n) is 3.80. The monoisotopic (exact) mass is 297 g/mol. The van der Waals surface area contributed by atoms with E-state index in [-0.39, 0.29) is 0 Å². The number of hydrogen-bond donors (Lipinski definition) is 0. The van der Waals surface area contributed by atoms with Crippen molar-refractivity contribution in [1.29, 1.82) is 0 Å². The summed E-state index contributed by atoms with van der Waals surface area (Å²) < 4.78 is 18.5. The number of hydrogen-bond acceptors (Lipinski definition) is 3. The molecule has 0 aliphatic rings. The van der Waals surface area contributed by atoms with Gasteiger partial charge in [0.15, 0.2) is 11.5 Å². The highest BCUT2D eigenvalue weighted by molar-refractivity contribution is 5.83. The molecule has 0 saturated carbocycles. The largest absolute Gasteiger partial charge is 0.493 e. The van der Waals surface area contributed by atoms with Gasteiger partial charge in [-0.15, -0.1) is 0 Å². The molecule has 0 fully saturated rings. The SMILES string of the molecule is COc1cc(-n2c(C)cc3ccccc32)cc(OC)c1OC. The van der Waals surface area contributed by atoms with E-state index in [9.17, 15) is 0 Å². The second-order valence-electron chi connectivity index (χ2n) is 5.06. The highest BCUT2D eigenvalue weighted by atomic mass is 16.5. The van der Waals surface area contributed by atoms with Gasteiger partial charge in [0.2, 0.25) is 5.75 Å². The van der Waals surface area contributed by atoms with E-state index in [0.717, 1.165) is 16.9 Å². The van der Waals surface area contributed by atoms with Gasteiger partial charge in [-0.1, -0.05) is 18.2 Å². The number of aromatic nitrogens is 1. The summed E-state index contributed by atoms with van der Waals surface area (Å²) in [6, 6.07) is 14.4. The van der Waals surface area contributed by atoms with Crippen LogP contribution in [0, 0.1) is 6.92 Å². The minimum absolute atomic E-state index is 0.600. The van der Waals surface area contributed by atoms with Gasteiger partial charge in [-0.05, 0) is 19.1 Å². The molecule has 0 aliphatic heterocycles. The van der Waals surface area contributed by atoms with Crippen LogP contribution in [0.2, 0.25) is 0 Å². The molecule has 0 spiro atoms. The molecular formula is C18H19NO3. The van der Waals surface area contributed by atoms with Crippen molar-refractivity contribution in [1.82, 2.24) is 4.57 Å². The van der Waals surface area contributed by atoms with Crippen LogP contribution in [0.5, 0.6) is 17.2 Å². The molecule has 0 unspecified atom stereocenters. The average molecular weight is 297 g/mol. The van der Waals surface area contributed by atoms with Crippen molar-refractivity contribution in [3.63, 3.8) is 0 Å². The predicted molar refractivity (Wildman–Crippen MR) is 87.7 cm³/mol. The Labute approximate surface area is 129 Å². The second-order valence-corrected chi connectivity index (χ2v) is 5.06. The Hall–Kier alpha value is -2.62. The van der Waals surface area contributed by atoms with E-state index in [1.807, 2.05) is 24.3 Å². The Balaban J connectivity index is 2.29. The van der Waals surface area contributed by atoms with Crippen LogP contribution >= 0.6 is 0 Å². The van der Waals surface area contributed by atoms with Gasteiger partial charge in [0, 0.05) is 23.2 Å². The van der Waals surface area contributed by atoms with Crippen molar-refractivity contribution in [3.8, 4) is 22.9 Å². The molecule has 0 radical (unpaired) electrons. The van der Waals surface area contributed by atoms with Gasteiger partial charge in [-0.3, -0.25) is 0 Å². The van der Waals surface area contributed by atoms with Gasteiger partial charge in [0.05, 0.1) is 32.5 Å². The Morgan fingerprint density at radius 1 is 0.818 bits per heavy atom. The maximum atomic E-state index is 5.45. The topological polar surface area (TPSA) is 32.6 Å². The number of aryl methyl sites for hydroxylation is 1. The quantitative estimate of drug-likeness (QED) is 0.730. The van der Waals surface area contributed by atoms with Gasteiger partial charge < -0.3 is 18.8 Å². The Kier molecular flexibility index (Phi) is 3.67. The molecule has 0 atom stereocenters. The zero-order valence-corrected chi connectivity index (χ0v) is 13.2. The summed E-state index contributed by atoms with van der Waals surface area (Å²) in [5, 5.41) is 1.20. The Bertz CT molecular complexity index is 795. The summed E-state index contributed by atoms with van der Waals surface area (Å²) in [6.07, 6.45) is 0. The lowest BCUT2D eigenvalue weighted by Crippen LogP contribution is -2.00. The van der Waals surface area contributed by atoms with Crippen LogP contribution in [-0.2, 0) is 0 Å². The summed E-state index contributed by atoms with van der Waals surface area (Å²) in [5.41, 5.74) is 3.28. The summed E-state index contributed by atoms with van der Waals surface area (Å²) in [7, 11) is 4.86. The van der Waals surface area contributed by atoms with Crippen molar-refractivity contribution in [2.75, 3.05) is 21.3 Å². The average Bonchev–Trinajstić information content (AvgIpc) is 2.89.